The Balaban J connectivity index is 1.91. The van der Waals surface area contributed by atoms with Gasteiger partial charge < -0.3 is 14.8 Å². The minimum atomic E-state index is -3.34. The van der Waals surface area contributed by atoms with Gasteiger partial charge in [0, 0.05) is 17.2 Å². The van der Waals surface area contributed by atoms with Crippen LogP contribution in [0.5, 0.6) is 11.6 Å². The number of aromatic hydroxyl groups is 1. The van der Waals surface area contributed by atoms with Crippen LogP contribution in [0.15, 0.2) is 57.6 Å². The van der Waals surface area contributed by atoms with Crippen molar-refractivity contribution in [1.82, 2.24) is 4.98 Å². The molecule has 0 saturated carbocycles. The Hall–Kier alpha value is -3.20. The van der Waals surface area contributed by atoms with Crippen LogP contribution in [-0.2, 0) is 9.84 Å². The zero-order valence-corrected chi connectivity index (χ0v) is 14.7. The number of fused-ring (bicyclic) bond motifs is 1. The van der Waals surface area contributed by atoms with Crippen LogP contribution in [0, 0.1) is 0 Å². The highest BCUT2D eigenvalue weighted by atomic mass is 32.2. The number of hydrogen-bond donors (Lipinski definition) is 2. The lowest BCUT2D eigenvalue weighted by molar-refractivity contribution is 0.0995. The van der Waals surface area contributed by atoms with E-state index < -0.39 is 15.7 Å². The lowest BCUT2D eigenvalue weighted by atomic mass is 10.2. The normalized spacial score (nSPS) is 11.9. The van der Waals surface area contributed by atoms with Gasteiger partial charge in [0.2, 0.25) is 5.88 Å². The van der Waals surface area contributed by atoms with E-state index in [0.717, 1.165) is 6.26 Å². The Morgan fingerprint density at radius 3 is 2.46 bits per heavy atom. The summed E-state index contributed by atoms with van der Waals surface area (Å²) in [6.07, 6.45) is 1.08. The van der Waals surface area contributed by atoms with Crippen LogP contribution in [-0.4, -0.2) is 37.8 Å². The monoisotopic (exact) mass is 373 g/mol. The van der Waals surface area contributed by atoms with Gasteiger partial charge in [-0.05, 0) is 42.5 Å². The smallest absolute Gasteiger partial charge is 0.295 e. The molecule has 0 aliphatic carbocycles. The molecule has 0 fully saturated rings. The third-order valence-electron chi connectivity index (χ3n) is 3.73. The number of sulfone groups is 1. The number of rotatable bonds is 4. The predicted molar refractivity (Wildman–Crippen MR) is 94.9 cm³/mol. The number of aromatic nitrogens is 1. The van der Waals surface area contributed by atoms with Crippen LogP contribution in [0.25, 0.3) is 10.9 Å². The minimum Gasteiger partial charge on any atom is -0.497 e. The van der Waals surface area contributed by atoms with E-state index in [4.69, 9.17) is 4.74 Å². The van der Waals surface area contributed by atoms with Crippen LogP contribution in [0.1, 0.15) is 10.4 Å². The molecule has 0 atom stereocenters. The number of carbonyl (C=O) groups excluding carboxylic acids is 1. The molecule has 8 nitrogen and oxygen atoms in total. The summed E-state index contributed by atoms with van der Waals surface area (Å²) in [6, 6.07) is 10.4. The Morgan fingerprint density at radius 2 is 1.85 bits per heavy atom. The molecule has 0 bridgehead atoms. The number of benzene rings is 2. The van der Waals surface area contributed by atoms with E-state index in [1.165, 1.54) is 31.4 Å². The number of H-pyrrole nitrogens is 1. The zero-order chi connectivity index (χ0) is 18.9. The molecule has 3 aromatic rings. The van der Waals surface area contributed by atoms with E-state index in [1.807, 2.05) is 0 Å². The number of nitrogens with one attached hydrogen (secondary N) is 1. The topological polar surface area (TPSA) is 121 Å². The van der Waals surface area contributed by atoms with Crippen molar-refractivity contribution in [2.24, 2.45) is 10.2 Å². The first-order valence-electron chi connectivity index (χ1n) is 7.44. The van der Waals surface area contributed by atoms with Gasteiger partial charge in [-0.1, -0.05) is 0 Å². The molecule has 0 saturated heterocycles. The molecular formula is C17H15N3O5S. The second-order valence-corrected chi connectivity index (χ2v) is 7.55. The lowest BCUT2D eigenvalue weighted by Gasteiger charge is -1.99. The highest BCUT2D eigenvalue weighted by molar-refractivity contribution is 7.90. The summed E-state index contributed by atoms with van der Waals surface area (Å²) in [5, 5.41) is 18.0. The molecule has 9 heteroatoms. The largest absolute Gasteiger partial charge is 0.497 e. The first-order chi connectivity index (χ1) is 12.3. The summed E-state index contributed by atoms with van der Waals surface area (Å²) in [4.78, 5) is 15.0. The van der Waals surface area contributed by atoms with E-state index in [-0.39, 0.29) is 22.0 Å². The fraction of sp³-hybridized carbons (Fsp3) is 0.118. The van der Waals surface area contributed by atoms with Gasteiger partial charge in [0.05, 0.1) is 17.5 Å². The van der Waals surface area contributed by atoms with Crippen molar-refractivity contribution in [2.75, 3.05) is 13.4 Å². The number of amides is 1. The first-order valence-corrected chi connectivity index (χ1v) is 9.33. The van der Waals surface area contributed by atoms with E-state index in [2.05, 4.69) is 15.2 Å². The SMILES string of the molecule is COc1ccc2[nH]c(O)c(N=NC(=O)c3ccc(S(C)(=O)=O)cc3)c2c1. The van der Waals surface area contributed by atoms with Crippen molar-refractivity contribution >= 4 is 32.3 Å². The van der Waals surface area contributed by atoms with Crippen molar-refractivity contribution in [2.45, 2.75) is 4.90 Å². The van der Waals surface area contributed by atoms with Gasteiger partial charge in [0.1, 0.15) is 5.75 Å². The molecule has 134 valence electrons. The quantitative estimate of drug-likeness (QED) is 0.680. The third-order valence-corrected chi connectivity index (χ3v) is 4.86. The van der Waals surface area contributed by atoms with Gasteiger partial charge >= 0.3 is 0 Å². The highest BCUT2D eigenvalue weighted by Gasteiger charge is 2.13. The van der Waals surface area contributed by atoms with Crippen molar-refractivity contribution in [1.29, 1.82) is 0 Å². The molecular weight excluding hydrogens is 358 g/mol. The second kappa shape index (κ2) is 6.60. The second-order valence-electron chi connectivity index (χ2n) is 5.54. The molecule has 3 rings (SSSR count). The van der Waals surface area contributed by atoms with E-state index in [9.17, 15) is 18.3 Å². The van der Waals surface area contributed by atoms with Crippen LogP contribution < -0.4 is 4.74 Å². The lowest BCUT2D eigenvalue weighted by Crippen LogP contribution is -1.99. The molecule has 0 radical (unpaired) electrons. The summed E-state index contributed by atoms with van der Waals surface area (Å²) < 4.78 is 28.0. The number of azo groups is 1. The summed E-state index contributed by atoms with van der Waals surface area (Å²) in [5.74, 6) is -0.324. The van der Waals surface area contributed by atoms with E-state index in [0.29, 0.717) is 16.7 Å². The average molecular weight is 373 g/mol. The molecule has 0 unspecified atom stereocenters. The van der Waals surface area contributed by atoms with Crippen LogP contribution in [0.4, 0.5) is 5.69 Å². The van der Waals surface area contributed by atoms with Gasteiger partial charge in [-0.15, -0.1) is 10.2 Å². The van der Waals surface area contributed by atoms with Gasteiger partial charge in [0.25, 0.3) is 5.91 Å². The maximum Gasteiger partial charge on any atom is 0.295 e. The number of aromatic amines is 1. The van der Waals surface area contributed by atoms with E-state index >= 15 is 0 Å². The minimum absolute atomic E-state index is 0.104. The predicted octanol–water partition coefficient (Wildman–Crippen LogP) is 3.21. The van der Waals surface area contributed by atoms with E-state index in [1.54, 1.807) is 18.2 Å². The molecule has 1 heterocycles. The molecule has 1 aromatic heterocycles. The summed E-state index contributed by atoms with van der Waals surface area (Å²) in [6.45, 7) is 0. The molecule has 2 N–H and O–H groups in total. The Bertz CT molecular complexity index is 1120. The van der Waals surface area contributed by atoms with Crippen molar-refractivity contribution < 1.29 is 23.1 Å². The fourth-order valence-corrected chi connectivity index (χ4v) is 3.00. The summed E-state index contributed by atoms with van der Waals surface area (Å²) in [7, 11) is -1.83. The summed E-state index contributed by atoms with van der Waals surface area (Å²) in [5.41, 5.74) is 0.903. The van der Waals surface area contributed by atoms with Gasteiger partial charge in [-0.25, -0.2) is 8.42 Å². The number of nitrogens with zero attached hydrogens (tertiary/aromatic N) is 2. The van der Waals surface area contributed by atoms with Crippen molar-refractivity contribution in [3.05, 3.63) is 48.0 Å². The maximum absolute atomic E-state index is 12.1. The average Bonchev–Trinajstić information content (AvgIpc) is 2.93. The number of carbonyl (C=O) groups is 1. The zero-order valence-electron chi connectivity index (χ0n) is 13.9. The number of hydrogen-bond acceptors (Lipinski definition) is 6. The Morgan fingerprint density at radius 1 is 1.15 bits per heavy atom. The molecule has 0 spiro atoms. The van der Waals surface area contributed by atoms with Gasteiger partial charge in [-0.3, -0.25) is 4.79 Å². The first kappa shape index (κ1) is 17.6. The van der Waals surface area contributed by atoms with Gasteiger partial charge in [-0.2, -0.15) is 0 Å². The Labute approximate surface area is 149 Å². The van der Waals surface area contributed by atoms with Gasteiger partial charge in [0.15, 0.2) is 15.5 Å². The molecule has 0 aliphatic heterocycles. The molecule has 2 aromatic carbocycles. The third kappa shape index (κ3) is 3.42. The molecule has 26 heavy (non-hydrogen) atoms. The Kier molecular flexibility index (Phi) is 4.47. The standard InChI is InChI=1S/C17H15N3O5S/c1-25-11-5-8-14-13(9-11)15(17(22)18-14)19-20-16(21)10-3-6-12(7-4-10)26(2,23)24/h3-9,18,22H,1-2H3. The van der Waals surface area contributed by atoms with Crippen LogP contribution in [0.3, 0.4) is 0 Å². The van der Waals surface area contributed by atoms with Crippen LogP contribution in [0.2, 0.25) is 0 Å². The van der Waals surface area contributed by atoms with Crippen molar-refractivity contribution in [3.63, 3.8) is 0 Å². The van der Waals surface area contributed by atoms with Crippen LogP contribution >= 0.6 is 0 Å². The fourth-order valence-electron chi connectivity index (χ4n) is 2.37. The molecule has 0 aliphatic rings. The number of ether oxygens (including phenoxy) is 1. The molecule has 1 amide bonds. The highest BCUT2D eigenvalue weighted by Crippen LogP contribution is 2.37. The van der Waals surface area contributed by atoms with Crippen molar-refractivity contribution in [3.8, 4) is 11.6 Å². The maximum atomic E-state index is 12.1. The number of methoxy groups -OCH3 is 1. The summed E-state index contributed by atoms with van der Waals surface area (Å²) >= 11 is 0.